The lowest BCUT2D eigenvalue weighted by atomic mass is 10.1. The monoisotopic (exact) mass is 304 g/mol. The number of rotatable bonds is 2. The number of aromatic hydroxyl groups is 1. The van der Waals surface area contributed by atoms with Crippen molar-refractivity contribution in [3.05, 3.63) is 30.3 Å². The highest BCUT2D eigenvalue weighted by Crippen LogP contribution is 2.30. The summed E-state index contributed by atoms with van der Waals surface area (Å²) in [4.78, 5) is -1.03. The van der Waals surface area contributed by atoms with Crippen LogP contribution in [0.1, 0.15) is 0 Å². The van der Waals surface area contributed by atoms with E-state index in [1.807, 2.05) is 0 Å². The second-order valence-electron chi connectivity index (χ2n) is 3.78. The maximum absolute atomic E-state index is 11.0. The fourth-order valence-electron chi connectivity index (χ4n) is 1.61. The van der Waals surface area contributed by atoms with Gasteiger partial charge in [-0.25, -0.2) is 0 Å². The SMILES string of the molecule is O=S(=O)(O)c1ccc2c(O)cc(S(=O)(=O)O)cc2c1. The van der Waals surface area contributed by atoms with Gasteiger partial charge in [0.2, 0.25) is 0 Å². The Morgan fingerprint density at radius 2 is 1.32 bits per heavy atom. The molecule has 19 heavy (non-hydrogen) atoms. The van der Waals surface area contributed by atoms with Crippen molar-refractivity contribution in [1.29, 1.82) is 0 Å². The zero-order chi connectivity index (χ0) is 14.4. The predicted molar refractivity (Wildman–Crippen MR) is 65.2 cm³/mol. The molecule has 0 unspecified atom stereocenters. The van der Waals surface area contributed by atoms with Gasteiger partial charge in [-0.1, -0.05) is 0 Å². The standard InChI is InChI=1S/C10H8O7S2/c11-10-5-8(19(15,16)17)4-6-3-7(18(12,13)14)1-2-9(6)10/h1-5,11H,(H,12,13,14)(H,15,16,17). The van der Waals surface area contributed by atoms with E-state index >= 15 is 0 Å². The van der Waals surface area contributed by atoms with Crippen molar-refractivity contribution >= 4 is 31.0 Å². The van der Waals surface area contributed by atoms with E-state index in [0.717, 1.165) is 24.3 Å². The molecule has 0 heterocycles. The van der Waals surface area contributed by atoms with Gasteiger partial charge in [0.25, 0.3) is 20.2 Å². The van der Waals surface area contributed by atoms with Crippen LogP contribution in [0.2, 0.25) is 0 Å². The molecule has 3 N–H and O–H groups in total. The van der Waals surface area contributed by atoms with Gasteiger partial charge in [-0.05, 0) is 29.7 Å². The fourth-order valence-corrected chi connectivity index (χ4v) is 2.66. The first kappa shape index (κ1) is 13.7. The Kier molecular flexibility index (Phi) is 3.01. The molecular formula is C10H8O7S2. The van der Waals surface area contributed by atoms with E-state index in [-0.39, 0.29) is 10.8 Å². The van der Waals surface area contributed by atoms with Crippen molar-refractivity contribution in [2.45, 2.75) is 9.79 Å². The summed E-state index contributed by atoms with van der Waals surface area (Å²) in [6.45, 7) is 0. The third-order valence-electron chi connectivity index (χ3n) is 2.47. The summed E-state index contributed by atoms with van der Waals surface area (Å²) < 4.78 is 61.7. The van der Waals surface area contributed by atoms with Gasteiger partial charge >= 0.3 is 0 Å². The summed E-state index contributed by atoms with van der Waals surface area (Å²) in [5.41, 5.74) is 0. The molecule has 0 spiro atoms. The van der Waals surface area contributed by atoms with Crippen LogP contribution in [0.5, 0.6) is 5.75 Å². The zero-order valence-electron chi connectivity index (χ0n) is 9.18. The summed E-state index contributed by atoms with van der Waals surface area (Å²) >= 11 is 0. The third-order valence-corrected chi connectivity index (χ3v) is 4.15. The Morgan fingerprint density at radius 1 is 0.789 bits per heavy atom. The average Bonchev–Trinajstić information content (AvgIpc) is 2.25. The van der Waals surface area contributed by atoms with Gasteiger partial charge in [0.05, 0.1) is 9.79 Å². The highest BCUT2D eigenvalue weighted by Gasteiger charge is 2.16. The van der Waals surface area contributed by atoms with Crippen LogP contribution < -0.4 is 0 Å². The quantitative estimate of drug-likeness (QED) is 0.707. The van der Waals surface area contributed by atoms with E-state index in [1.54, 1.807) is 0 Å². The Balaban J connectivity index is 2.85. The second kappa shape index (κ2) is 4.17. The van der Waals surface area contributed by atoms with Gasteiger partial charge in [0.1, 0.15) is 5.75 Å². The zero-order valence-corrected chi connectivity index (χ0v) is 10.8. The largest absolute Gasteiger partial charge is 0.507 e. The molecule has 9 heteroatoms. The third kappa shape index (κ3) is 2.68. The molecule has 7 nitrogen and oxygen atoms in total. The summed E-state index contributed by atoms with van der Waals surface area (Å²) in [5, 5.41) is 9.85. The summed E-state index contributed by atoms with van der Waals surface area (Å²) in [7, 11) is -8.99. The molecule has 0 aliphatic rings. The summed E-state index contributed by atoms with van der Waals surface area (Å²) in [6, 6.07) is 5.08. The highest BCUT2D eigenvalue weighted by atomic mass is 32.2. The fraction of sp³-hybridized carbons (Fsp3) is 0. The minimum Gasteiger partial charge on any atom is -0.507 e. The van der Waals surface area contributed by atoms with E-state index in [0.29, 0.717) is 0 Å². The van der Waals surface area contributed by atoms with Gasteiger partial charge in [-0.15, -0.1) is 0 Å². The summed E-state index contributed by atoms with van der Waals surface area (Å²) in [5.74, 6) is -0.438. The minimum absolute atomic E-state index is 0.0442. The average molecular weight is 304 g/mol. The van der Waals surface area contributed by atoms with Crippen LogP contribution in [-0.4, -0.2) is 31.0 Å². The molecule has 0 amide bonds. The number of benzene rings is 2. The molecule has 0 aliphatic carbocycles. The maximum Gasteiger partial charge on any atom is 0.294 e. The van der Waals surface area contributed by atoms with E-state index in [4.69, 9.17) is 9.11 Å². The Bertz CT molecular complexity index is 861. The van der Waals surface area contributed by atoms with Crippen LogP contribution in [0.15, 0.2) is 40.1 Å². The molecular weight excluding hydrogens is 296 g/mol. The van der Waals surface area contributed by atoms with Crippen molar-refractivity contribution < 1.29 is 31.0 Å². The Hall–Kier alpha value is -1.68. The van der Waals surface area contributed by atoms with Crippen molar-refractivity contribution in [1.82, 2.24) is 0 Å². The van der Waals surface area contributed by atoms with Crippen LogP contribution in [0.4, 0.5) is 0 Å². The van der Waals surface area contributed by atoms with Crippen LogP contribution in [-0.2, 0) is 20.2 Å². The van der Waals surface area contributed by atoms with Gasteiger partial charge in [0, 0.05) is 11.5 Å². The Morgan fingerprint density at radius 3 is 1.84 bits per heavy atom. The highest BCUT2D eigenvalue weighted by molar-refractivity contribution is 7.86. The Labute approximate surface area is 108 Å². The molecule has 0 aromatic heterocycles. The first-order valence-electron chi connectivity index (χ1n) is 4.81. The lowest BCUT2D eigenvalue weighted by Gasteiger charge is -2.05. The number of hydrogen-bond donors (Lipinski definition) is 3. The number of fused-ring (bicyclic) bond motifs is 1. The molecule has 0 atom stereocenters. The van der Waals surface area contributed by atoms with Gasteiger partial charge in [-0.2, -0.15) is 16.8 Å². The molecule has 2 rings (SSSR count). The first-order chi connectivity index (χ1) is 8.59. The number of hydrogen-bond acceptors (Lipinski definition) is 5. The van der Waals surface area contributed by atoms with Crippen molar-refractivity contribution in [3.63, 3.8) is 0 Å². The molecule has 2 aromatic carbocycles. The van der Waals surface area contributed by atoms with Crippen LogP contribution in [0, 0.1) is 0 Å². The normalized spacial score (nSPS) is 12.7. The smallest absolute Gasteiger partial charge is 0.294 e. The minimum atomic E-state index is -4.54. The molecule has 0 aliphatic heterocycles. The van der Waals surface area contributed by atoms with Gasteiger partial charge in [-0.3, -0.25) is 9.11 Å². The predicted octanol–water partition coefficient (Wildman–Crippen LogP) is 1.04. The lowest BCUT2D eigenvalue weighted by molar-refractivity contribution is 0.471. The molecule has 0 fully saturated rings. The lowest BCUT2D eigenvalue weighted by Crippen LogP contribution is -1.99. The van der Waals surface area contributed by atoms with Crippen molar-refractivity contribution in [3.8, 4) is 5.75 Å². The molecule has 0 saturated heterocycles. The molecule has 0 saturated carbocycles. The first-order valence-corrected chi connectivity index (χ1v) is 7.69. The molecule has 0 radical (unpaired) electrons. The number of phenolic OH excluding ortho intramolecular Hbond substituents is 1. The molecule has 102 valence electrons. The van der Waals surface area contributed by atoms with Crippen LogP contribution >= 0.6 is 0 Å². The maximum atomic E-state index is 11.0. The van der Waals surface area contributed by atoms with Gasteiger partial charge in [0.15, 0.2) is 0 Å². The van der Waals surface area contributed by atoms with Crippen LogP contribution in [0.25, 0.3) is 10.8 Å². The molecule has 0 bridgehead atoms. The van der Waals surface area contributed by atoms with Crippen LogP contribution in [0.3, 0.4) is 0 Å². The van der Waals surface area contributed by atoms with E-state index < -0.39 is 35.8 Å². The van der Waals surface area contributed by atoms with E-state index in [9.17, 15) is 21.9 Å². The molecule has 2 aromatic rings. The number of phenols is 1. The topological polar surface area (TPSA) is 129 Å². The van der Waals surface area contributed by atoms with Crippen molar-refractivity contribution in [2.24, 2.45) is 0 Å². The van der Waals surface area contributed by atoms with Crippen molar-refractivity contribution in [2.75, 3.05) is 0 Å². The van der Waals surface area contributed by atoms with E-state index in [1.165, 1.54) is 6.07 Å². The summed E-state index contributed by atoms with van der Waals surface area (Å²) in [6.07, 6.45) is 0. The second-order valence-corrected chi connectivity index (χ2v) is 6.62. The van der Waals surface area contributed by atoms with Gasteiger partial charge < -0.3 is 5.11 Å². The van der Waals surface area contributed by atoms with E-state index in [2.05, 4.69) is 0 Å².